The molecule has 1 saturated heterocycles. The molecule has 2 heterocycles. The molecule has 1 fully saturated rings. The summed E-state index contributed by atoms with van der Waals surface area (Å²) in [5.41, 5.74) is -0.0514. The monoisotopic (exact) mass is 754 g/mol. The summed E-state index contributed by atoms with van der Waals surface area (Å²) in [5, 5.41) is 28.7. The predicted molar refractivity (Wildman–Crippen MR) is 206 cm³/mol. The number of aromatic hydroxyl groups is 1. The van der Waals surface area contributed by atoms with E-state index in [-0.39, 0.29) is 22.8 Å². The molecule has 3 amide bonds. The van der Waals surface area contributed by atoms with Gasteiger partial charge in [-0.05, 0) is 74.9 Å². The molecule has 6 rings (SSSR count). The second-order valence-electron chi connectivity index (χ2n) is 13.6. The summed E-state index contributed by atoms with van der Waals surface area (Å²) in [6.07, 6.45) is -0.487. The highest BCUT2D eigenvalue weighted by Gasteiger charge is 2.56. The van der Waals surface area contributed by atoms with Crippen LogP contribution in [0.5, 0.6) is 11.5 Å². The van der Waals surface area contributed by atoms with Gasteiger partial charge in [0.1, 0.15) is 51.9 Å². The number of β-lactam (4-membered cyclic amide) rings is 1. The van der Waals surface area contributed by atoms with Crippen LogP contribution in [0.3, 0.4) is 0 Å². The van der Waals surface area contributed by atoms with Gasteiger partial charge in [-0.3, -0.25) is 14.5 Å². The van der Waals surface area contributed by atoms with Crippen LogP contribution >= 0.6 is 19.0 Å². The number of fused-ring (bicyclic) bond motifs is 1. The van der Waals surface area contributed by atoms with E-state index >= 15 is 0 Å². The fraction of sp³-hybridized carbons (Fsp3) is 0.250. The maximum Gasteiger partial charge on any atom is 0.408 e. The summed E-state index contributed by atoms with van der Waals surface area (Å²) in [5.74, 6) is -2.31. The molecule has 13 heteroatoms. The number of nitrogens with zero attached hydrogens (tertiary/aromatic N) is 1. The molecule has 11 nitrogen and oxygen atoms in total. The van der Waals surface area contributed by atoms with Crippen molar-refractivity contribution < 1.29 is 38.9 Å². The Labute approximate surface area is 312 Å². The van der Waals surface area contributed by atoms with Crippen molar-refractivity contribution in [3.8, 4) is 11.5 Å². The number of amides is 3. The number of phenolic OH excluding ortho intramolecular Hbond substituents is 1. The standard InChI is InChI=1S/C40H40N3O8PS/c1-40(2,3)51-39(49)42-32(25-20-21-30(44)31(22-25)50-4)35(45)41-33-36(46)43-34(38(47)48)26(24-53-37(33)43)23-52(27-14-8-5-9-15-27,28-16-10-6-11-17-28)29-18-12-7-13-19-29/h5-22,32-33,37H,23-24H2,1-4H3,(H3-,41,42,44,45,47,48,49)/p+1/t32?,33-,37+/m1/s1. The lowest BCUT2D eigenvalue weighted by Crippen LogP contribution is -2.71. The van der Waals surface area contributed by atoms with Gasteiger partial charge in [-0.15, -0.1) is 11.8 Å². The minimum absolute atomic E-state index is 0.0733. The van der Waals surface area contributed by atoms with Gasteiger partial charge >= 0.3 is 12.1 Å². The molecule has 2 aliphatic rings. The molecule has 1 unspecified atom stereocenters. The molecule has 0 aromatic heterocycles. The van der Waals surface area contributed by atoms with Crippen LogP contribution in [0.1, 0.15) is 32.4 Å². The van der Waals surface area contributed by atoms with Crippen molar-refractivity contribution in [1.29, 1.82) is 0 Å². The van der Waals surface area contributed by atoms with E-state index in [0.29, 0.717) is 17.5 Å². The van der Waals surface area contributed by atoms with E-state index in [0.717, 1.165) is 15.9 Å². The summed E-state index contributed by atoms with van der Waals surface area (Å²) in [4.78, 5) is 55.1. The van der Waals surface area contributed by atoms with Crippen LogP contribution < -0.4 is 31.3 Å². The number of rotatable bonds is 11. The molecular formula is C40H41N3O8PS+. The van der Waals surface area contributed by atoms with Gasteiger partial charge in [-0.25, -0.2) is 9.59 Å². The molecule has 274 valence electrons. The molecule has 0 bridgehead atoms. The van der Waals surface area contributed by atoms with Crippen LogP contribution in [0.4, 0.5) is 4.79 Å². The Morgan fingerprint density at radius 3 is 1.94 bits per heavy atom. The molecule has 0 radical (unpaired) electrons. The van der Waals surface area contributed by atoms with Crippen LogP contribution in [-0.2, 0) is 19.1 Å². The second-order valence-corrected chi connectivity index (χ2v) is 18.2. The smallest absolute Gasteiger partial charge is 0.408 e. The van der Waals surface area contributed by atoms with Gasteiger partial charge in [0.25, 0.3) is 5.91 Å². The Bertz CT molecular complexity index is 1940. The number of carboxylic acid groups (broad SMARTS) is 1. The molecule has 4 aromatic carbocycles. The van der Waals surface area contributed by atoms with Crippen LogP contribution in [0.2, 0.25) is 0 Å². The molecule has 2 aliphatic heterocycles. The quantitative estimate of drug-likeness (QED) is 0.126. The number of hydrogen-bond acceptors (Lipinski definition) is 8. The maximum atomic E-state index is 13.9. The minimum atomic E-state index is -2.49. The van der Waals surface area contributed by atoms with Crippen LogP contribution in [0.25, 0.3) is 0 Å². The normalized spacial score (nSPS) is 17.6. The van der Waals surface area contributed by atoms with Crippen molar-refractivity contribution in [1.82, 2.24) is 15.5 Å². The van der Waals surface area contributed by atoms with Gasteiger partial charge in [-0.2, -0.15) is 0 Å². The fourth-order valence-electron chi connectivity index (χ4n) is 6.70. The number of ether oxygens (including phenoxy) is 2. The first-order valence-corrected chi connectivity index (χ1v) is 20.0. The third-order valence-electron chi connectivity index (χ3n) is 9.03. The zero-order valence-electron chi connectivity index (χ0n) is 29.7. The van der Waals surface area contributed by atoms with E-state index < -0.39 is 54.2 Å². The molecule has 0 aliphatic carbocycles. The zero-order chi connectivity index (χ0) is 37.9. The van der Waals surface area contributed by atoms with Crippen molar-refractivity contribution in [2.45, 2.75) is 43.8 Å². The molecule has 4 N–H and O–H groups in total. The SMILES string of the molecule is COc1cc(C(NC(=O)OC(C)(C)C)C(=O)N[C@@H]2C(=O)N3C(C(=O)O)=C(C[P+](c4ccccc4)(c4ccccc4)c4ccccc4)CS[C@@H]23)ccc1O. The number of carboxylic acids is 1. The maximum absolute atomic E-state index is 13.9. The van der Waals surface area contributed by atoms with Crippen molar-refractivity contribution in [3.05, 3.63) is 126 Å². The predicted octanol–water partition coefficient (Wildman–Crippen LogP) is 4.70. The Kier molecular flexibility index (Phi) is 10.8. The summed E-state index contributed by atoms with van der Waals surface area (Å²) in [6.45, 7) is 5.04. The molecule has 53 heavy (non-hydrogen) atoms. The van der Waals surface area contributed by atoms with E-state index in [1.54, 1.807) is 20.8 Å². The largest absolute Gasteiger partial charge is 0.504 e. The average molecular weight is 755 g/mol. The fourth-order valence-corrected chi connectivity index (χ4v) is 12.5. The number of methoxy groups -OCH3 is 1. The summed E-state index contributed by atoms with van der Waals surface area (Å²) < 4.78 is 10.6. The van der Waals surface area contributed by atoms with Gasteiger partial charge in [0.05, 0.1) is 13.3 Å². The number of thioether (sulfide) groups is 1. The van der Waals surface area contributed by atoms with Gasteiger partial charge in [-0.1, -0.05) is 60.7 Å². The van der Waals surface area contributed by atoms with Crippen molar-refractivity contribution in [2.24, 2.45) is 0 Å². The van der Waals surface area contributed by atoms with Crippen LogP contribution in [0, 0.1) is 0 Å². The van der Waals surface area contributed by atoms with Crippen molar-refractivity contribution in [2.75, 3.05) is 19.0 Å². The third kappa shape index (κ3) is 7.61. The Morgan fingerprint density at radius 2 is 1.45 bits per heavy atom. The number of alkyl carbamates (subject to hydrolysis) is 1. The van der Waals surface area contributed by atoms with E-state index in [2.05, 4.69) is 47.0 Å². The molecule has 0 spiro atoms. The molecule has 3 atom stereocenters. The van der Waals surface area contributed by atoms with E-state index in [1.807, 2.05) is 54.6 Å². The molecule has 4 aromatic rings. The van der Waals surface area contributed by atoms with Gasteiger partial charge in [0, 0.05) is 11.3 Å². The number of phenols is 1. The Morgan fingerprint density at radius 1 is 0.906 bits per heavy atom. The lowest BCUT2D eigenvalue weighted by Gasteiger charge is -2.49. The summed E-state index contributed by atoms with van der Waals surface area (Å²) >= 11 is 1.38. The first-order valence-electron chi connectivity index (χ1n) is 17.0. The molecule has 0 saturated carbocycles. The van der Waals surface area contributed by atoms with Gasteiger partial charge < -0.3 is 30.3 Å². The second kappa shape index (κ2) is 15.3. The van der Waals surface area contributed by atoms with E-state index in [4.69, 9.17) is 9.47 Å². The number of carbonyl (C=O) groups is 4. The summed E-state index contributed by atoms with van der Waals surface area (Å²) in [6, 6.07) is 32.0. The third-order valence-corrected chi connectivity index (χ3v) is 14.8. The van der Waals surface area contributed by atoms with Gasteiger partial charge in [0.15, 0.2) is 11.5 Å². The minimum Gasteiger partial charge on any atom is -0.504 e. The highest BCUT2D eigenvalue weighted by Crippen LogP contribution is 2.58. The van der Waals surface area contributed by atoms with Gasteiger partial charge in [0.2, 0.25) is 5.91 Å². The Hall–Kier alpha value is -5.32. The highest BCUT2D eigenvalue weighted by atomic mass is 32.2. The number of carbonyl (C=O) groups excluding carboxylic acids is 3. The topological polar surface area (TPSA) is 154 Å². The van der Waals surface area contributed by atoms with E-state index in [9.17, 15) is 29.4 Å². The number of nitrogens with one attached hydrogen (secondary N) is 2. The number of benzene rings is 4. The lowest BCUT2D eigenvalue weighted by molar-refractivity contribution is -0.151. The Balaban J connectivity index is 1.33. The van der Waals surface area contributed by atoms with Crippen molar-refractivity contribution in [3.63, 3.8) is 0 Å². The highest BCUT2D eigenvalue weighted by molar-refractivity contribution is 8.00. The zero-order valence-corrected chi connectivity index (χ0v) is 31.4. The summed E-state index contributed by atoms with van der Waals surface area (Å²) in [7, 11) is -1.14. The first-order chi connectivity index (χ1) is 25.3. The number of hydrogen-bond donors (Lipinski definition) is 4. The molecular weight excluding hydrogens is 713 g/mol. The average Bonchev–Trinajstić information content (AvgIpc) is 3.15. The van der Waals surface area contributed by atoms with E-state index in [1.165, 1.54) is 42.0 Å². The first kappa shape index (κ1) is 37.4. The van der Waals surface area contributed by atoms with Crippen LogP contribution in [-0.4, -0.2) is 75.0 Å². The lowest BCUT2D eigenvalue weighted by atomic mass is 10.0. The van der Waals surface area contributed by atoms with Crippen LogP contribution in [0.15, 0.2) is 120 Å². The number of aliphatic carboxylic acids is 1. The van der Waals surface area contributed by atoms with Crippen molar-refractivity contribution >= 4 is 58.8 Å².